The van der Waals surface area contributed by atoms with Gasteiger partial charge in [-0.25, -0.2) is 0 Å². The van der Waals surface area contributed by atoms with Crippen LogP contribution < -0.4 is 10.6 Å². The van der Waals surface area contributed by atoms with Crippen molar-refractivity contribution in [3.63, 3.8) is 0 Å². The Labute approximate surface area is 144 Å². The number of benzene rings is 2. The summed E-state index contributed by atoms with van der Waals surface area (Å²) in [5, 5.41) is 7.63. The maximum absolute atomic E-state index is 11.8. The van der Waals surface area contributed by atoms with Gasteiger partial charge in [0, 0.05) is 29.6 Å². The van der Waals surface area contributed by atoms with E-state index >= 15 is 0 Å². The lowest BCUT2D eigenvalue weighted by atomic mass is 10.2. The zero-order chi connectivity index (χ0) is 15.9. The second kappa shape index (κ2) is 8.39. The number of hydrogen-bond acceptors (Lipinski definition) is 2. The number of hydrogen-bond donors (Lipinski definition) is 2. The van der Waals surface area contributed by atoms with Crippen molar-refractivity contribution in [1.82, 2.24) is 5.32 Å². The summed E-state index contributed by atoms with van der Waals surface area (Å²) in [6, 6.07) is 12.5. The van der Waals surface area contributed by atoms with E-state index in [1.807, 2.05) is 24.3 Å². The van der Waals surface area contributed by atoms with Crippen molar-refractivity contribution in [2.75, 3.05) is 11.9 Å². The number of carbonyl (C=O) groups excluding carboxylic acids is 1. The zero-order valence-corrected chi connectivity index (χ0v) is 14.0. The predicted octanol–water partition coefficient (Wildman–Crippen LogP) is 4.77. The van der Waals surface area contributed by atoms with Crippen LogP contribution >= 0.6 is 34.8 Å². The first-order valence-electron chi connectivity index (χ1n) is 6.74. The molecule has 2 aromatic carbocycles. The highest BCUT2D eigenvalue weighted by molar-refractivity contribution is 6.36. The molecule has 0 aliphatic carbocycles. The molecule has 22 heavy (non-hydrogen) atoms. The molecule has 0 aliphatic heterocycles. The van der Waals surface area contributed by atoms with Crippen LogP contribution in [0.2, 0.25) is 15.1 Å². The molecule has 0 aliphatic rings. The number of nitrogens with one attached hydrogen (secondary N) is 2. The number of halogens is 3. The third-order valence-corrected chi connectivity index (χ3v) is 3.78. The SMILES string of the molecule is O=C(CCNCc1ccc(Cl)cc1)Nc1ccc(Cl)cc1Cl. The minimum Gasteiger partial charge on any atom is -0.325 e. The summed E-state index contributed by atoms with van der Waals surface area (Å²) in [6.45, 7) is 1.26. The van der Waals surface area contributed by atoms with Crippen LogP contribution in [0.3, 0.4) is 0 Å². The van der Waals surface area contributed by atoms with Gasteiger partial charge < -0.3 is 10.6 Å². The molecule has 0 heterocycles. The number of amides is 1. The summed E-state index contributed by atoms with van der Waals surface area (Å²) in [4.78, 5) is 11.8. The molecule has 0 saturated carbocycles. The van der Waals surface area contributed by atoms with Crippen LogP contribution in [0.25, 0.3) is 0 Å². The van der Waals surface area contributed by atoms with Crippen molar-refractivity contribution in [2.24, 2.45) is 0 Å². The molecule has 116 valence electrons. The maximum atomic E-state index is 11.8. The molecule has 0 unspecified atom stereocenters. The van der Waals surface area contributed by atoms with E-state index in [-0.39, 0.29) is 5.91 Å². The lowest BCUT2D eigenvalue weighted by Crippen LogP contribution is -2.21. The topological polar surface area (TPSA) is 41.1 Å². The molecule has 0 bridgehead atoms. The van der Waals surface area contributed by atoms with Crippen molar-refractivity contribution in [1.29, 1.82) is 0 Å². The number of carbonyl (C=O) groups is 1. The van der Waals surface area contributed by atoms with Gasteiger partial charge in [-0.05, 0) is 35.9 Å². The molecule has 0 aromatic heterocycles. The molecule has 1 amide bonds. The number of rotatable bonds is 6. The van der Waals surface area contributed by atoms with E-state index in [4.69, 9.17) is 34.8 Å². The second-order valence-corrected chi connectivity index (χ2v) is 6.01. The maximum Gasteiger partial charge on any atom is 0.225 e. The third kappa shape index (κ3) is 5.50. The number of anilines is 1. The largest absolute Gasteiger partial charge is 0.325 e. The van der Waals surface area contributed by atoms with E-state index in [1.165, 1.54) is 0 Å². The molecule has 0 radical (unpaired) electrons. The third-order valence-electron chi connectivity index (χ3n) is 2.98. The van der Waals surface area contributed by atoms with Crippen LogP contribution in [-0.2, 0) is 11.3 Å². The Morgan fingerprint density at radius 1 is 0.955 bits per heavy atom. The molecule has 0 fully saturated rings. The molecule has 0 spiro atoms. The van der Waals surface area contributed by atoms with E-state index in [1.54, 1.807) is 18.2 Å². The highest BCUT2D eigenvalue weighted by Crippen LogP contribution is 2.25. The van der Waals surface area contributed by atoms with E-state index in [2.05, 4.69) is 10.6 Å². The Hall–Kier alpha value is -1.26. The average molecular weight is 358 g/mol. The van der Waals surface area contributed by atoms with E-state index in [0.717, 1.165) is 5.56 Å². The first-order valence-corrected chi connectivity index (χ1v) is 7.88. The Bertz CT molecular complexity index is 644. The van der Waals surface area contributed by atoms with Gasteiger partial charge >= 0.3 is 0 Å². The minimum atomic E-state index is -0.104. The standard InChI is InChI=1S/C16H15Cl3N2O/c17-12-3-1-11(2-4-12)10-20-8-7-16(22)21-15-6-5-13(18)9-14(15)19/h1-6,9,20H,7-8,10H2,(H,21,22). The van der Waals surface area contributed by atoms with Crippen molar-refractivity contribution < 1.29 is 4.79 Å². The Morgan fingerprint density at radius 2 is 1.64 bits per heavy atom. The predicted molar refractivity (Wildman–Crippen MR) is 92.9 cm³/mol. The smallest absolute Gasteiger partial charge is 0.225 e. The van der Waals surface area contributed by atoms with E-state index in [9.17, 15) is 4.79 Å². The van der Waals surface area contributed by atoms with Crippen LogP contribution in [0.4, 0.5) is 5.69 Å². The summed E-state index contributed by atoms with van der Waals surface area (Å²) >= 11 is 17.6. The van der Waals surface area contributed by atoms with Crippen molar-refractivity contribution in [3.05, 3.63) is 63.1 Å². The van der Waals surface area contributed by atoms with E-state index < -0.39 is 0 Å². The zero-order valence-electron chi connectivity index (χ0n) is 11.7. The van der Waals surface area contributed by atoms with Gasteiger partial charge in [0.1, 0.15) is 0 Å². The molecule has 2 aromatic rings. The van der Waals surface area contributed by atoms with Crippen LogP contribution in [0.5, 0.6) is 0 Å². The van der Waals surface area contributed by atoms with Gasteiger partial charge in [0.05, 0.1) is 10.7 Å². The Kier molecular flexibility index (Phi) is 6.52. The summed E-state index contributed by atoms with van der Waals surface area (Å²) < 4.78 is 0. The second-order valence-electron chi connectivity index (χ2n) is 4.73. The van der Waals surface area contributed by atoms with Crippen molar-refractivity contribution >= 4 is 46.4 Å². The highest BCUT2D eigenvalue weighted by Gasteiger charge is 2.06. The fourth-order valence-corrected chi connectivity index (χ4v) is 2.42. The average Bonchev–Trinajstić information content (AvgIpc) is 2.48. The quantitative estimate of drug-likeness (QED) is 0.731. The monoisotopic (exact) mass is 356 g/mol. The van der Waals surface area contributed by atoms with Gasteiger partial charge in [-0.15, -0.1) is 0 Å². The lowest BCUT2D eigenvalue weighted by molar-refractivity contribution is -0.116. The van der Waals surface area contributed by atoms with E-state index in [0.29, 0.717) is 40.3 Å². The van der Waals surface area contributed by atoms with Crippen LogP contribution in [0.15, 0.2) is 42.5 Å². The highest BCUT2D eigenvalue weighted by atomic mass is 35.5. The minimum absolute atomic E-state index is 0.104. The Morgan fingerprint density at radius 3 is 2.32 bits per heavy atom. The summed E-state index contributed by atoms with van der Waals surface area (Å²) in [6.07, 6.45) is 0.354. The lowest BCUT2D eigenvalue weighted by Gasteiger charge is -2.08. The molecule has 0 atom stereocenters. The van der Waals surface area contributed by atoms with Crippen LogP contribution in [-0.4, -0.2) is 12.5 Å². The van der Waals surface area contributed by atoms with Gasteiger partial charge in [0.15, 0.2) is 0 Å². The molecule has 6 heteroatoms. The van der Waals surface area contributed by atoms with Gasteiger partial charge in [0.2, 0.25) is 5.91 Å². The fraction of sp³-hybridized carbons (Fsp3) is 0.188. The molecule has 2 N–H and O–H groups in total. The van der Waals surface area contributed by atoms with Gasteiger partial charge in [-0.1, -0.05) is 46.9 Å². The first kappa shape index (κ1) is 17.1. The summed E-state index contributed by atoms with van der Waals surface area (Å²) in [5.41, 5.74) is 1.68. The summed E-state index contributed by atoms with van der Waals surface area (Å²) in [5.74, 6) is -0.104. The first-order chi connectivity index (χ1) is 10.5. The molecule has 2 rings (SSSR count). The molecular formula is C16H15Cl3N2O. The van der Waals surface area contributed by atoms with Crippen molar-refractivity contribution in [2.45, 2.75) is 13.0 Å². The molecule has 0 saturated heterocycles. The fourth-order valence-electron chi connectivity index (χ4n) is 1.84. The Balaban J connectivity index is 1.72. The normalized spacial score (nSPS) is 10.5. The van der Waals surface area contributed by atoms with Crippen molar-refractivity contribution in [3.8, 4) is 0 Å². The molecular weight excluding hydrogens is 343 g/mol. The van der Waals surface area contributed by atoms with Gasteiger partial charge in [-0.2, -0.15) is 0 Å². The molecule has 3 nitrogen and oxygen atoms in total. The summed E-state index contributed by atoms with van der Waals surface area (Å²) in [7, 11) is 0. The van der Waals surface area contributed by atoms with Crippen LogP contribution in [0, 0.1) is 0 Å². The van der Waals surface area contributed by atoms with Gasteiger partial charge in [-0.3, -0.25) is 4.79 Å². The van der Waals surface area contributed by atoms with Crippen LogP contribution in [0.1, 0.15) is 12.0 Å². The van der Waals surface area contributed by atoms with Gasteiger partial charge in [0.25, 0.3) is 0 Å².